The summed E-state index contributed by atoms with van der Waals surface area (Å²) in [5, 5.41) is 5.83. The quantitative estimate of drug-likeness (QED) is 0.358. The van der Waals surface area contributed by atoms with Crippen LogP contribution in [0.25, 0.3) is 5.69 Å². The minimum absolute atomic E-state index is 0.00505. The Balaban J connectivity index is 1.93. The van der Waals surface area contributed by atoms with Gasteiger partial charge in [-0.1, -0.05) is 30.3 Å². The molecule has 0 amide bonds. The SMILES string of the molecule is CCOC(=O)c1[nH]n(-c2ccccc2)c(=O)c1/C=N/C(=S)Nc1ccccc1OC. The number of rotatable bonds is 6. The Morgan fingerprint density at radius 2 is 1.90 bits per heavy atom. The molecule has 0 aliphatic heterocycles. The van der Waals surface area contributed by atoms with E-state index >= 15 is 0 Å². The smallest absolute Gasteiger partial charge is 0.357 e. The molecule has 8 nitrogen and oxygen atoms in total. The fourth-order valence-electron chi connectivity index (χ4n) is 2.71. The summed E-state index contributed by atoms with van der Waals surface area (Å²) in [7, 11) is 1.55. The van der Waals surface area contributed by atoms with Crippen LogP contribution in [0, 0.1) is 0 Å². The Morgan fingerprint density at radius 1 is 1.20 bits per heavy atom. The molecule has 154 valence electrons. The lowest BCUT2D eigenvalue weighted by molar-refractivity contribution is 0.0519. The highest BCUT2D eigenvalue weighted by Crippen LogP contribution is 2.23. The van der Waals surface area contributed by atoms with Crippen molar-refractivity contribution in [1.29, 1.82) is 0 Å². The topological polar surface area (TPSA) is 97.7 Å². The summed E-state index contributed by atoms with van der Waals surface area (Å²) >= 11 is 5.25. The lowest BCUT2D eigenvalue weighted by Gasteiger charge is -2.08. The second kappa shape index (κ2) is 9.66. The molecule has 30 heavy (non-hydrogen) atoms. The second-order valence-corrected chi connectivity index (χ2v) is 6.37. The van der Waals surface area contributed by atoms with Gasteiger partial charge in [-0.3, -0.25) is 9.89 Å². The van der Waals surface area contributed by atoms with Gasteiger partial charge in [0.1, 0.15) is 5.75 Å². The van der Waals surface area contributed by atoms with Gasteiger partial charge in [0, 0.05) is 6.21 Å². The molecule has 0 aliphatic rings. The number of nitrogens with one attached hydrogen (secondary N) is 2. The molecule has 0 atom stereocenters. The number of anilines is 1. The summed E-state index contributed by atoms with van der Waals surface area (Å²) in [4.78, 5) is 29.4. The van der Waals surface area contributed by atoms with Crippen LogP contribution in [-0.4, -0.2) is 40.8 Å². The molecule has 0 unspecified atom stereocenters. The minimum atomic E-state index is -0.658. The minimum Gasteiger partial charge on any atom is -0.495 e. The van der Waals surface area contributed by atoms with E-state index in [2.05, 4.69) is 15.4 Å². The zero-order chi connectivity index (χ0) is 21.5. The molecule has 0 spiro atoms. The van der Waals surface area contributed by atoms with Gasteiger partial charge in [0.25, 0.3) is 5.56 Å². The highest BCUT2D eigenvalue weighted by molar-refractivity contribution is 7.80. The highest BCUT2D eigenvalue weighted by atomic mass is 32.1. The first-order valence-electron chi connectivity index (χ1n) is 9.10. The normalized spacial score (nSPS) is 10.7. The van der Waals surface area contributed by atoms with E-state index in [1.54, 1.807) is 50.4 Å². The summed E-state index contributed by atoms with van der Waals surface area (Å²) in [6.45, 7) is 1.85. The molecular weight excluding hydrogens is 404 g/mol. The van der Waals surface area contributed by atoms with Gasteiger partial charge < -0.3 is 14.8 Å². The summed E-state index contributed by atoms with van der Waals surface area (Å²) < 4.78 is 11.6. The molecule has 3 aromatic rings. The number of ether oxygens (including phenoxy) is 2. The Hall–Kier alpha value is -3.72. The fourth-order valence-corrected chi connectivity index (χ4v) is 2.87. The number of hydrogen-bond donors (Lipinski definition) is 2. The van der Waals surface area contributed by atoms with Crippen molar-refractivity contribution < 1.29 is 14.3 Å². The number of nitrogens with zero attached hydrogens (tertiary/aromatic N) is 2. The van der Waals surface area contributed by atoms with Crippen molar-refractivity contribution in [3.63, 3.8) is 0 Å². The first kappa shape index (κ1) is 21.0. The zero-order valence-corrected chi connectivity index (χ0v) is 17.2. The van der Waals surface area contributed by atoms with Crippen molar-refractivity contribution >= 4 is 35.2 Å². The van der Waals surface area contributed by atoms with Crippen LogP contribution in [0.15, 0.2) is 64.4 Å². The number of benzene rings is 2. The Morgan fingerprint density at radius 3 is 2.60 bits per heavy atom. The first-order chi connectivity index (χ1) is 14.5. The molecule has 0 saturated heterocycles. The largest absolute Gasteiger partial charge is 0.495 e. The lowest BCUT2D eigenvalue weighted by atomic mass is 10.2. The molecule has 0 aliphatic carbocycles. The van der Waals surface area contributed by atoms with Crippen LogP contribution in [0.3, 0.4) is 0 Å². The maximum absolute atomic E-state index is 12.9. The van der Waals surface area contributed by atoms with Gasteiger partial charge >= 0.3 is 5.97 Å². The van der Waals surface area contributed by atoms with Crippen LogP contribution in [-0.2, 0) is 4.74 Å². The fraction of sp³-hybridized carbons (Fsp3) is 0.143. The molecule has 1 aromatic heterocycles. The molecule has 3 rings (SSSR count). The third-order valence-corrected chi connectivity index (χ3v) is 4.29. The van der Waals surface area contributed by atoms with E-state index < -0.39 is 11.5 Å². The van der Waals surface area contributed by atoms with Crippen molar-refractivity contribution in [2.24, 2.45) is 4.99 Å². The second-order valence-electron chi connectivity index (χ2n) is 5.99. The van der Waals surface area contributed by atoms with E-state index in [9.17, 15) is 9.59 Å². The Labute approximate surface area is 178 Å². The van der Waals surface area contributed by atoms with Gasteiger partial charge in [0.2, 0.25) is 0 Å². The number of aromatic amines is 1. The third kappa shape index (κ3) is 4.64. The predicted molar refractivity (Wildman–Crippen MR) is 119 cm³/mol. The monoisotopic (exact) mass is 424 g/mol. The maximum Gasteiger partial charge on any atom is 0.357 e. The average Bonchev–Trinajstić information content (AvgIpc) is 3.10. The summed E-state index contributed by atoms with van der Waals surface area (Å²) in [5.41, 5.74) is 0.787. The van der Waals surface area contributed by atoms with E-state index in [-0.39, 0.29) is 23.0 Å². The zero-order valence-electron chi connectivity index (χ0n) is 16.4. The molecule has 1 heterocycles. The van der Waals surface area contributed by atoms with Crippen molar-refractivity contribution in [2.75, 3.05) is 19.0 Å². The molecule has 0 fully saturated rings. The van der Waals surface area contributed by atoms with Crippen LogP contribution in [0.4, 0.5) is 5.69 Å². The van der Waals surface area contributed by atoms with Crippen LogP contribution in [0.5, 0.6) is 5.75 Å². The Kier molecular flexibility index (Phi) is 6.76. The standard InChI is InChI=1S/C21H20N4O4S/c1-3-29-20(27)18-15(19(26)25(24-18)14-9-5-4-6-10-14)13-22-21(30)23-16-11-7-8-12-17(16)28-2/h4-13,24H,3H2,1-2H3,(H,23,30)/b22-13+. The summed E-state index contributed by atoms with van der Waals surface area (Å²) in [6, 6.07) is 16.1. The van der Waals surface area contributed by atoms with Gasteiger partial charge in [-0.25, -0.2) is 14.5 Å². The summed E-state index contributed by atoms with van der Waals surface area (Å²) in [6.07, 6.45) is 1.25. The van der Waals surface area contributed by atoms with Gasteiger partial charge in [0.05, 0.1) is 30.7 Å². The molecule has 9 heteroatoms. The number of thiocarbonyl (C=S) groups is 1. The molecular formula is C21H20N4O4S. The number of methoxy groups -OCH3 is 1. The number of hydrogen-bond acceptors (Lipinski definition) is 5. The van der Waals surface area contributed by atoms with E-state index in [1.807, 2.05) is 18.2 Å². The van der Waals surface area contributed by atoms with Crippen molar-refractivity contribution in [3.8, 4) is 11.4 Å². The molecule has 0 bridgehead atoms. The number of esters is 1. The third-order valence-electron chi connectivity index (χ3n) is 4.08. The van der Waals surface area contributed by atoms with E-state index in [0.717, 1.165) is 0 Å². The van der Waals surface area contributed by atoms with Crippen LogP contribution >= 0.6 is 12.2 Å². The van der Waals surface area contributed by atoms with Gasteiger partial charge in [-0.05, 0) is 43.4 Å². The molecule has 2 N–H and O–H groups in total. The molecule has 2 aromatic carbocycles. The van der Waals surface area contributed by atoms with Gasteiger partial charge in [-0.2, -0.15) is 0 Å². The maximum atomic E-state index is 12.9. The number of carbonyl (C=O) groups excluding carboxylic acids is 1. The van der Waals surface area contributed by atoms with Crippen LogP contribution in [0.2, 0.25) is 0 Å². The van der Waals surface area contributed by atoms with Crippen molar-refractivity contribution in [1.82, 2.24) is 9.78 Å². The first-order valence-corrected chi connectivity index (χ1v) is 9.51. The van der Waals surface area contributed by atoms with E-state index in [4.69, 9.17) is 21.7 Å². The predicted octanol–water partition coefficient (Wildman–Crippen LogP) is 3.17. The number of aliphatic imine (C=N–C) groups is 1. The van der Waals surface area contributed by atoms with Crippen LogP contribution in [0.1, 0.15) is 23.0 Å². The van der Waals surface area contributed by atoms with Crippen molar-refractivity contribution in [3.05, 3.63) is 76.2 Å². The van der Waals surface area contributed by atoms with Crippen LogP contribution < -0.4 is 15.6 Å². The average molecular weight is 424 g/mol. The van der Waals surface area contributed by atoms with Gasteiger partial charge in [-0.15, -0.1) is 0 Å². The molecule has 0 radical (unpaired) electrons. The van der Waals surface area contributed by atoms with Crippen molar-refractivity contribution in [2.45, 2.75) is 6.92 Å². The number of para-hydroxylation sites is 3. The van der Waals surface area contributed by atoms with Gasteiger partial charge in [0.15, 0.2) is 10.8 Å². The van der Waals surface area contributed by atoms with E-state index in [1.165, 1.54) is 10.9 Å². The highest BCUT2D eigenvalue weighted by Gasteiger charge is 2.21. The number of carbonyl (C=O) groups is 1. The van der Waals surface area contributed by atoms with E-state index in [0.29, 0.717) is 17.1 Å². The Bertz CT molecular complexity index is 1140. The lowest BCUT2D eigenvalue weighted by Crippen LogP contribution is -2.18. The molecule has 0 saturated carbocycles. The summed E-state index contributed by atoms with van der Waals surface area (Å²) in [5.74, 6) is -0.0651. The number of aromatic nitrogens is 2. The number of H-pyrrole nitrogens is 1.